The van der Waals surface area contributed by atoms with Crippen LogP contribution >= 0.6 is 0 Å². The van der Waals surface area contributed by atoms with E-state index in [0.717, 1.165) is 39.3 Å². The maximum absolute atomic E-state index is 5.16. The van der Waals surface area contributed by atoms with Crippen molar-refractivity contribution in [1.29, 1.82) is 0 Å². The highest BCUT2D eigenvalue weighted by molar-refractivity contribution is 5.27. The molecule has 0 aliphatic heterocycles. The van der Waals surface area contributed by atoms with Crippen molar-refractivity contribution in [2.24, 2.45) is 0 Å². The summed E-state index contributed by atoms with van der Waals surface area (Å²) in [6.45, 7) is 11.4. The molecule has 0 aliphatic rings. The van der Waals surface area contributed by atoms with Crippen LogP contribution in [0.15, 0.2) is 36.9 Å². The largest absolute Gasteiger partial charge is 0.383 e. The molecule has 0 aliphatic carbocycles. The SMILES string of the molecule is C=CCN(CCOC)Cc1ccccc1CNCC. The molecular formula is C16H26N2O. The van der Waals surface area contributed by atoms with Crippen LogP contribution in [-0.2, 0) is 17.8 Å². The number of ether oxygens (including phenoxy) is 1. The lowest BCUT2D eigenvalue weighted by molar-refractivity contribution is 0.151. The smallest absolute Gasteiger partial charge is 0.0589 e. The first-order valence-corrected chi connectivity index (χ1v) is 6.91. The van der Waals surface area contributed by atoms with E-state index in [1.54, 1.807) is 7.11 Å². The molecule has 106 valence electrons. The zero-order valence-electron chi connectivity index (χ0n) is 12.2. The van der Waals surface area contributed by atoms with Crippen LogP contribution in [0.3, 0.4) is 0 Å². The highest BCUT2D eigenvalue weighted by atomic mass is 16.5. The van der Waals surface area contributed by atoms with Gasteiger partial charge in [-0.15, -0.1) is 6.58 Å². The van der Waals surface area contributed by atoms with Gasteiger partial charge in [0.25, 0.3) is 0 Å². The number of rotatable bonds is 10. The molecule has 19 heavy (non-hydrogen) atoms. The molecule has 0 amide bonds. The van der Waals surface area contributed by atoms with Gasteiger partial charge in [0, 0.05) is 33.3 Å². The Labute approximate surface area is 117 Å². The third-order valence-corrected chi connectivity index (χ3v) is 3.08. The molecule has 3 nitrogen and oxygen atoms in total. The number of hydrogen-bond acceptors (Lipinski definition) is 3. The summed E-state index contributed by atoms with van der Waals surface area (Å²) in [5.41, 5.74) is 2.75. The lowest BCUT2D eigenvalue weighted by atomic mass is 10.1. The van der Waals surface area contributed by atoms with Crippen molar-refractivity contribution in [1.82, 2.24) is 10.2 Å². The molecule has 0 fully saturated rings. The van der Waals surface area contributed by atoms with E-state index in [1.807, 2.05) is 6.08 Å². The molecule has 0 bridgehead atoms. The Bertz CT molecular complexity index is 366. The zero-order chi connectivity index (χ0) is 13.9. The van der Waals surface area contributed by atoms with Gasteiger partial charge in [0.1, 0.15) is 0 Å². The molecule has 0 atom stereocenters. The van der Waals surface area contributed by atoms with Crippen molar-refractivity contribution in [3.8, 4) is 0 Å². The van der Waals surface area contributed by atoms with Gasteiger partial charge in [-0.25, -0.2) is 0 Å². The molecule has 1 aromatic carbocycles. The Morgan fingerprint density at radius 2 is 2.05 bits per heavy atom. The summed E-state index contributed by atoms with van der Waals surface area (Å²) >= 11 is 0. The molecule has 0 heterocycles. The van der Waals surface area contributed by atoms with Crippen LogP contribution in [0.5, 0.6) is 0 Å². The van der Waals surface area contributed by atoms with Crippen LogP contribution in [-0.4, -0.2) is 38.3 Å². The molecule has 1 aromatic rings. The minimum absolute atomic E-state index is 0.753. The highest BCUT2D eigenvalue weighted by Gasteiger charge is 2.07. The predicted molar refractivity (Wildman–Crippen MR) is 81.2 cm³/mol. The van der Waals surface area contributed by atoms with E-state index in [9.17, 15) is 0 Å². The summed E-state index contributed by atoms with van der Waals surface area (Å²) in [4.78, 5) is 2.35. The fraction of sp³-hybridized carbons (Fsp3) is 0.500. The summed E-state index contributed by atoms with van der Waals surface area (Å²) in [6, 6.07) is 8.60. The number of methoxy groups -OCH3 is 1. The number of nitrogens with zero attached hydrogens (tertiary/aromatic N) is 1. The van der Waals surface area contributed by atoms with Gasteiger partial charge in [-0.3, -0.25) is 4.90 Å². The molecule has 0 saturated carbocycles. The molecule has 0 aromatic heterocycles. The fourth-order valence-corrected chi connectivity index (χ4v) is 2.02. The first-order chi connectivity index (χ1) is 9.31. The van der Waals surface area contributed by atoms with E-state index in [2.05, 4.69) is 48.0 Å². The Hall–Kier alpha value is -1.16. The van der Waals surface area contributed by atoms with E-state index in [1.165, 1.54) is 11.1 Å². The minimum Gasteiger partial charge on any atom is -0.383 e. The van der Waals surface area contributed by atoms with Gasteiger partial charge in [-0.05, 0) is 17.7 Å². The van der Waals surface area contributed by atoms with E-state index >= 15 is 0 Å². The minimum atomic E-state index is 0.753. The summed E-state index contributed by atoms with van der Waals surface area (Å²) < 4.78 is 5.16. The zero-order valence-corrected chi connectivity index (χ0v) is 12.2. The monoisotopic (exact) mass is 262 g/mol. The highest BCUT2D eigenvalue weighted by Crippen LogP contribution is 2.11. The van der Waals surface area contributed by atoms with Gasteiger partial charge in [0.15, 0.2) is 0 Å². The molecule has 0 radical (unpaired) electrons. The second-order valence-corrected chi connectivity index (χ2v) is 4.57. The molecule has 1 rings (SSSR count). The molecule has 3 heteroatoms. The first-order valence-electron chi connectivity index (χ1n) is 6.91. The Balaban J connectivity index is 2.68. The van der Waals surface area contributed by atoms with Crippen LogP contribution in [0, 0.1) is 0 Å². The molecular weight excluding hydrogens is 236 g/mol. The maximum atomic E-state index is 5.16. The van der Waals surface area contributed by atoms with Crippen molar-refractivity contribution < 1.29 is 4.74 Å². The third kappa shape index (κ3) is 6.01. The predicted octanol–water partition coefficient (Wildman–Crippen LogP) is 2.43. The van der Waals surface area contributed by atoms with E-state index in [0.29, 0.717) is 0 Å². The van der Waals surface area contributed by atoms with Crippen molar-refractivity contribution in [2.45, 2.75) is 20.0 Å². The van der Waals surface area contributed by atoms with Gasteiger partial charge >= 0.3 is 0 Å². The maximum Gasteiger partial charge on any atom is 0.0589 e. The lowest BCUT2D eigenvalue weighted by Crippen LogP contribution is -2.28. The summed E-state index contributed by atoms with van der Waals surface area (Å²) in [5.74, 6) is 0. The first kappa shape index (κ1) is 15.9. The van der Waals surface area contributed by atoms with Crippen LogP contribution in [0.1, 0.15) is 18.1 Å². The van der Waals surface area contributed by atoms with Gasteiger partial charge in [-0.2, -0.15) is 0 Å². The quantitative estimate of drug-likeness (QED) is 0.655. The Morgan fingerprint density at radius 3 is 2.68 bits per heavy atom. The lowest BCUT2D eigenvalue weighted by Gasteiger charge is -2.22. The van der Waals surface area contributed by atoms with Crippen LogP contribution in [0.4, 0.5) is 0 Å². The molecule has 1 N–H and O–H groups in total. The van der Waals surface area contributed by atoms with Crippen LogP contribution in [0.25, 0.3) is 0 Å². The second kappa shape index (κ2) is 9.73. The van der Waals surface area contributed by atoms with Gasteiger partial charge in [0.05, 0.1) is 6.61 Å². The van der Waals surface area contributed by atoms with Gasteiger partial charge in [-0.1, -0.05) is 37.3 Å². The Kier molecular flexibility index (Phi) is 8.14. The van der Waals surface area contributed by atoms with Gasteiger partial charge < -0.3 is 10.1 Å². The number of hydrogen-bond donors (Lipinski definition) is 1. The standard InChI is InChI=1S/C16H26N2O/c1-4-10-18(11-12-19-3)14-16-9-7-6-8-15(16)13-17-5-2/h4,6-9,17H,1,5,10-14H2,2-3H3. The van der Waals surface area contributed by atoms with E-state index in [-0.39, 0.29) is 0 Å². The van der Waals surface area contributed by atoms with Crippen molar-refractivity contribution in [3.05, 3.63) is 48.0 Å². The summed E-state index contributed by atoms with van der Waals surface area (Å²) in [6.07, 6.45) is 1.95. The summed E-state index contributed by atoms with van der Waals surface area (Å²) in [7, 11) is 1.74. The van der Waals surface area contributed by atoms with Crippen molar-refractivity contribution >= 4 is 0 Å². The van der Waals surface area contributed by atoms with Gasteiger partial charge in [0.2, 0.25) is 0 Å². The average molecular weight is 262 g/mol. The summed E-state index contributed by atoms with van der Waals surface area (Å²) in [5, 5.41) is 3.39. The second-order valence-electron chi connectivity index (χ2n) is 4.57. The van der Waals surface area contributed by atoms with Crippen LogP contribution in [0.2, 0.25) is 0 Å². The third-order valence-electron chi connectivity index (χ3n) is 3.08. The Morgan fingerprint density at radius 1 is 1.32 bits per heavy atom. The van der Waals surface area contributed by atoms with Crippen molar-refractivity contribution in [2.75, 3.05) is 33.4 Å². The normalized spacial score (nSPS) is 10.9. The molecule has 0 saturated heterocycles. The number of benzene rings is 1. The average Bonchev–Trinajstić information content (AvgIpc) is 2.44. The van der Waals surface area contributed by atoms with E-state index in [4.69, 9.17) is 4.74 Å². The fourth-order valence-electron chi connectivity index (χ4n) is 2.02. The molecule has 0 spiro atoms. The van der Waals surface area contributed by atoms with E-state index < -0.39 is 0 Å². The van der Waals surface area contributed by atoms with Crippen LogP contribution < -0.4 is 5.32 Å². The number of nitrogens with one attached hydrogen (secondary N) is 1. The molecule has 0 unspecified atom stereocenters. The van der Waals surface area contributed by atoms with Crippen molar-refractivity contribution in [3.63, 3.8) is 0 Å². The topological polar surface area (TPSA) is 24.5 Å².